The standard InChI is InChI=1S/C15H13N3O2/c1-10(19)18-15-8-13(5-6-14(15)17)20-12-4-2-3-11(7-12)9-16/h2-8H,17H2,1H3,(H,18,19). The average Bonchev–Trinajstić information content (AvgIpc) is 2.42. The maximum Gasteiger partial charge on any atom is 0.221 e. The van der Waals surface area contributed by atoms with Crippen LogP contribution in [0.2, 0.25) is 0 Å². The third-order valence-electron chi connectivity index (χ3n) is 2.53. The van der Waals surface area contributed by atoms with Gasteiger partial charge in [-0.1, -0.05) is 6.07 Å². The highest BCUT2D eigenvalue weighted by atomic mass is 16.5. The summed E-state index contributed by atoms with van der Waals surface area (Å²) in [6.07, 6.45) is 0. The second kappa shape index (κ2) is 5.76. The van der Waals surface area contributed by atoms with Crippen LogP contribution in [0.5, 0.6) is 11.5 Å². The molecule has 0 fully saturated rings. The number of nitrogens with two attached hydrogens (primary N) is 1. The lowest BCUT2D eigenvalue weighted by molar-refractivity contribution is -0.114. The molecular weight excluding hydrogens is 254 g/mol. The van der Waals surface area contributed by atoms with Crippen LogP contribution in [0.25, 0.3) is 0 Å². The van der Waals surface area contributed by atoms with Gasteiger partial charge in [0, 0.05) is 13.0 Å². The van der Waals surface area contributed by atoms with E-state index >= 15 is 0 Å². The summed E-state index contributed by atoms with van der Waals surface area (Å²) in [5.74, 6) is 0.862. The number of nitriles is 1. The van der Waals surface area contributed by atoms with Crippen molar-refractivity contribution in [2.24, 2.45) is 0 Å². The number of rotatable bonds is 3. The number of benzene rings is 2. The normalized spacial score (nSPS) is 9.60. The second-order valence-corrected chi connectivity index (χ2v) is 4.17. The van der Waals surface area contributed by atoms with E-state index in [1.54, 1.807) is 42.5 Å². The number of nitrogens with zero attached hydrogens (tertiary/aromatic N) is 1. The number of anilines is 2. The molecule has 0 bridgehead atoms. The second-order valence-electron chi connectivity index (χ2n) is 4.17. The molecule has 3 N–H and O–H groups in total. The van der Waals surface area contributed by atoms with Crippen molar-refractivity contribution >= 4 is 17.3 Å². The van der Waals surface area contributed by atoms with Crippen molar-refractivity contribution in [3.05, 3.63) is 48.0 Å². The van der Waals surface area contributed by atoms with Gasteiger partial charge in [-0.3, -0.25) is 4.79 Å². The SMILES string of the molecule is CC(=O)Nc1cc(Oc2cccc(C#N)c2)ccc1N. The molecule has 2 rings (SSSR count). The number of hydrogen-bond donors (Lipinski definition) is 2. The van der Waals surface area contributed by atoms with E-state index in [4.69, 9.17) is 15.7 Å². The zero-order valence-electron chi connectivity index (χ0n) is 10.9. The molecule has 2 aromatic carbocycles. The van der Waals surface area contributed by atoms with E-state index in [1.807, 2.05) is 6.07 Å². The van der Waals surface area contributed by atoms with Gasteiger partial charge in [0.05, 0.1) is 23.0 Å². The molecule has 0 spiro atoms. The largest absolute Gasteiger partial charge is 0.457 e. The quantitative estimate of drug-likeness (QED) is 0.837. The van der Waals surface area contributed by atoms with E-state index in [0.717, 1.165) is 0 Å². The highest BCUT2D eigenvalue weighted by molar-refractivity contribution is 5.92. The fourth-order valence-electron chi connectivity index (χ4n) is 1.66. The van der Waals surface area contributed by atoms with Gasteiger partial charge in [-0.25, -0.2) is 0 Å². The van der Waals surface area contributed by atoms with Crippen molar-refractivity contribution in [2.45, 2.75) is 6.92 Å². The van der Waals surface area contributed by atoms with Crippen LogP contribution < -0.4 is 15.8 Å². The van der Waals surface area contributed by atoms with Gasteiger partial charge in [-0.15, -0.1) is 0 Å². The Morgan fingerprint density at radius 3 is 2.70 bits per heavy atom. The molecule has 0 unspecified atom stereocenters. The molecule has 0 saturated carbocycles. The lowest BCUT2D eigenvalue weighted by Crippen LogP contribution is -2.08. The van der Waals surface area contributed by atoms with E-state index < -0.39 is 0 Å². The van der Waals surface area contributed by atoms with Gasteiger partial charge in [0.25, 0.3) is 0 Å². The number of carbonyl (C=O) groups excluding carboxylic acids is 1. The van der Waals surface area contributed by atoms with Crippen molar-refractivity contribution < 1.29 is 9.53 Å². The van der Waals surface area contributed by atoms with Crippen molar-refractivity contribution in [2.75, 3.05) is 11.1 Å². The van der Waals surface area contributed by atoms with Crippen LogP contribution >= 0.6 is 0 Å². The molecule has 0 radical (unpaired) electrons. The average molecular weight is 267 g/mol. The molecule has 0 aliphatic rings. The summed E-state index contributed by atoms with van der Waals surface area (Å²) in [4.78, 5) is 11.1. The summed E-state index contributed by atoms with van der Waals surface area (Å²) in [6, 6.07) is 13.8. The Kier molecular flexibility index (Phi) is 3.87. The Balaban J connectivity index is 2.25. The van der Waals surface area contributed by atoms with Crippen LogP contribution in [-0.4, -0.2) is 5.91 Å². The summed E-state index contributed by atoms with van der Waals surface area (Å²) in [5.41, 5.74) is 7.23. The minimum Gasteiger partial charge on any atom is -0.457 e. The van der Waals surface area contributed by atoms with Gasteiger partial charge < -0.3 is 15.8 Å². The van der Waals surface area contributed by atoms with Crippen LogP contribution in [0.15, 0.2) is 42.5 Å². The van der Waals surface area contributed by atoms with Gasteiger partial charge in [0.1, 0.15) is 11.5 Å². The van der Waals surface area contributed by atoms with Crippen molar-refractivity contribution in [1.29, 1.82) is 5.26 Å². The zero-order chi connectivity index (χ0) is 14.5. The molecular formula is C15H13N3O2. The number of nitrogens with one attached hydrogen (secondary N) is 1. The van der Waals surface area contributed by atoms with Crippen LogP contribution in [-0.2, 0) is 4.79 Å². The molecule has 5 heteroatoms. The first-order chi connectivity index (χ1) is 9.58. The number of carbonyl (C=O) groups is 1. The minimum absolute atomic E-state index is 0.208. The zero-order valence-corrected chi connectivity index (χ0v) is 10.9. The Hall–Kier alpha value is -3.00. The molecule has 1 amide bonds. The summed E-state index contributed by atoms with van der Waals surface area (Å²) in [5, 5.41) is 11.5. The Morgan fingerprint density at radius 2 is 2.00 bits per heavy atom. The summed E-state index contributed by atoms with van der Waals surface area (Å²) < 4.78 is 5.64. The predicted molar refractivity (Wildman–Crippen MR) is 76.4 cm³/mol. The van der Waals surface area contributed by atoms with Crippen molar-refractivity contribution in [3.63, 3.8) is 0 Å². The lowest BCUT2D eigenvalue weighted by atomic mass is 10.2. The van der Waals surface area contributed by atoms with Crippen LogP contribution in [0, 0.1) is 11.3 Å². The topological polar surface area (TPSA) is 88.1 Å². The Labute approximate surface area is 116 Å². The van der Waals surface area contributed by atoms with Gasteiger partial charge in [0.15, 0.2) is 0 Å². The van der Waals surface area contributed by atoms with Gasteiger partial charge in [-0.2, -0.15) is 5.26 Å². The monoisotopic (exact) mass is 267 g/mol. The van der Waals surface area contributed by atoms with E-state index in [1.165, 1.54) is 6.92 Å². The van der Waals surface area contributed by atoms with E-state index in [0.29, 0.717) is 28.4 Å². The van der Waals surface area contributed by atoms with Gasteiger partial charge in [0.2, 0.25) is 5.91 Å². The number of ether oxygens (including phenoxy) is 1. The van der Waals surface area contributed by atoms with Gasteiger partial charge in [-0.05, 0) is 30.3 Å². The Morgan fingerprint density at radius 1 is 1.25 bits per heavy atom. The molecule has 0 aliphatic heterocycles. The summed E-state index contributed by atoms with van der Waals surface area (Å²) in [7, 11) is 0. The first-order valence-corrected chi connectivity index (χ1v) is 5.93. The summed E-state index contributed by atoms with van der Waals surface area (Å²) >= 11 is 0. The molecule has 20 heavy (non-hydrogen) atoms. The number of amides is 1. The lowest BCUT2D eigenvalue weighted by Gasteiger charge is -2.10. The molecule has 0 atom stereocenters. The van der Waals surface area contributed by atoms with E-state index in [-0.39, 0.29) is 5.91 Å². The molecule has 0 aliphatic carbocycles. The third-order valence-corrected chi connectivity index (χ3v) is 2.53. The highest BCUT2D eigenvalue weighted by Crippen LogP contribution is 2.28. The highest BCUT2D eigenvalue weighted by Gasteiger charge is 2.05. The fourth-order valence-corrected chi connectivity index (χ4v) is 1.66. The summed E-state index contributed by atoms with van der Waals surface area (Å²) in [6.45, 7) is 1.41. The van der Waals surface area contributed by atoms with Crippen molar-refractivity contribution in [3.8, 4) is 17.6 Å². The maximum atomic E-state index is 11.1. The third kappa shape index (κ3) is 3.27. The van der Waals surface area contributed by atoms with E-state index in [9.17, 15) is 4.79 Å². The molecule has 5 nitrogen and oxygen atoms in total. The Bertz CT molecular complexity index is 690. The fraction of sp³-hybridized carbons (Fsp3) is 0.0667. The first kappa shape index (κ1) is 13.4. The minimum atomic E-state index is -0.208. The molecule has 0 saturated heterocycles. The van der Waals surface area contributed by atoms with Crippen LogP contribution in [0.4, 0.5) is 11.4 Å². The van der Waals surface area contributed by atoms with E-state index in [2.05, 4.69) is 5.32 Å². The van der Waals surface area contributed by atoms with Crippen LogP contribution in [0.3, 0.4) is 0 Å². The molecule has 100 valence electrons. The van der Waals surface area contributed by atoms with Crippen molar-refractivity contribution in [1.82, 2.24) is 0 Å². The molecule has 0 heterocycles. The van der Waals surface area contributed by atoms with Gasteiger partial charge >= 0.3 is 0 Å². The molecule has 2 aromatic rings. The smallest absolute Gasteiger partial charge is 0.221 e. The number of hydrogen-bond acceptors (Lipinski definition) is 4. The first-order valence-electron chi connectivity index (χ1n) is 5.93. The number of nitrogen functional groups attached to an aromatic ring is 1. The van der Waals surface area contributed by atoms with Crippen LogP contribution in [0.1, 0.15) is 12.5 Å². The molecule has 0 aromatic heterocycles. The maximum absolute atomic E-state index is 11.1. The predicted octanol–water partition coefficient (Wildman–Crippen LogP) is 2.89.